The summed E-state index contributed by atoms with van der Waals surface area (Å²) in [5, 5.41) is 40.3. The maximum atomic E-state index is 12.7. The molecule has 0 aliphatic carbocycles. The number of nitriles is 2. The molecule has 15 aromatic carbocycles. The standard InChI is InChI=1S/C92H58BN7Si2/c94-59-73-88(74(60-95)92-87-91(73)99-77-41-15-13-35-69(77)71-37-25-39-75(89(71)99)93(87)76-40-26-38-72-70-36-14-16-42-78(70)100(92)90(72)76)96(61-51-55-63(56-52-61)97-79-43-17-21-47-83(79)101(65-27-5-1-6-28-65,66-29-7-2-8-30-66)84-48-22-18-44-80(84)97)62-53-57-64(58-54-62)98-81-45-19-23-49-85(81)102(67-31-9-3-10-32-67,68-33-11-4-12-34-68)86-50-24-20-46-82(86)98/h1-58H. The first-order chi connectivity index (χ1) is 50.6. The van der Waals surface area contributed by atoms with E-state index in [1.807, 2.05) is 0 Å². The normalized spacial score (nSPS) is 13.8. The van der Waals surface area contributed by atoms with Crippen LogP contribution in [0.5, 0.6) is 0 Å². The summed E-state index contributed by atoms with van der Waals surface area (Å²) in [6.07, 6.45) is 0. The maximum Gasteiger partial charge on any atom is 0.252 e. The van der Waals surface area contributed by atoms with Gasteiger partial charge in [-0.05, 0) is 143 Å². The molecule has 0 radical (unpaired) electrons. The van der Waals surface area contributed by atoms with Crippen molar-refractivity contribution < 1.29 is 0 Å². The molecular weight excluding hydrogens is 1270 g/mol. The SMILES string of the molecule is N#Cc1c(N(c2ccc(N3c4ccccc4[Si](c4ccccc4)(c4ccccc4)c4ccccc43)cc2)c2ccc(N3c4ccccc4[Si](c4ccccc4)(c4ccccc4)c4ccccc43)cc2)c(C#N)c2c3c1-n1c4ccccc4c4cccc(c41)B3c1cccc3c4ccccc4n-2c13. The molecular formula is C92H58BN7Si2. The molecule has 0 N–H and O–H groups in total. The van der Waals surface area contributed by atoms with Gasteiger partial charge in [-0.2, -0.15) is 10.5 Å². The molecule has 472 valence electrons. The second kappa shape index (κ2) is 22.1. The number of rotatable bonds is 9. The van der Waals surface area contributed by atoms with Crippen LogP contribution in [0.15, 0.2) is 352 Å². The van der Waals surface area contributed by atoms with Crippen molar-refractivity contribution >= 4 is 176 Å². The maximum absolute atomic E-state index is 12.7. The molecule has 102 heavy (non-hydrogen) atoms. The molecule has 21 rings (SSSR count). The molecule has 0 spiro atoms. The Morgan fingerprint density at radius 1 is 0.294 bits per heavy atom. The predicted molar refractivity (Wildman–Crippen MR) is 428 cm³/mol. The topological polar surface area (TPSA) is 67.2 Å². The second-order valence-electron chi connectivity index (χ2n) is 27.1. The highest BCUT2D eigenvalue weighted by molar-refractivity contribution is 7.22. The zero-order chi connectivity index (χ0) is 67.4. The summed E-state index contributed by atoms with van der Waals surface area (Å²) in [4.78, 5) is 7.09. The Labute approximate surface area is 592 Å². The molecule has 0 bridgehead atoms. The van der Waals surface area contributed by atoms with Crippen molar-refractivity contribution in [1.82, 2.24) is 9.13 Å². The summed E-state index contributed by atoms with van der Waals surface area (Å²) in [6.45, 7) is -0.307. The molecule has 0 atom stereocenters. The highest BCUT2D eigenvalue weighted by atomic mass is 28.3. The van der Waals surface area contributed by atoms with E-state index in [0.717, 1.165) is 117 Å². The van der Waals surface area contributed by atoms with Crippen molar-refractivity contribution in [2.75, 3.05) is 14.7 Å². The van der Waals surface area contributed by atoms with Gasteiger partial charge in [0.05, 0.1) is 28.1 Å². The van der Waals surface area contributed by atoms with Crippen LogP contribution in [0.1, 0.15) is 11.1 Å². The fourth-order valence-corrected chi connectivity index (χ4v) is 28.9. The number of hydrogen-bond donors (Lipinski definition) is 0. The van der Waals surface area contributed by atoms with E-state index >= 15 is 0 Å². The van der Waals surface area contributed by atoms with Crippen LogP contribution >= 0.6 is 0 Å². The van der Waals surface area contributed by atoms with Crippen molar-refractivity contribution in [2.24, 2.45) is 0 Å². The lowest BCUT2D eigenvalue weighted by Gasteiger charge is -2.45. The Kier molecular flexibility index (Phi) is 12.5. The van der Waals surface area contributed by atoms with Crippen molar-refractivity contribution in [3.63, 3.8) is 0 Å². The van der Waals surface area contributed by atoms with Gasteiger partial charge in [-0.15, -0.1) is 0 Å². The molecule has 4 aliphatic heterocycles. The molecule has 0 fully saturated rings. The Morgan fingerprint density at radius 3 is 0.941 bits per heavy atom. The first-order valence-corrected chi connectivity index (χ1v) is 38.9. The summed E-state index contributed by atoms with van der Waals surface area (Å²) in [7, 11) is -5.85. The summed E-state index contributed by atoms with van der Waals surface area (Å²) in [5.74, 6) is 0. The van der Waals surface area contributed by atoms with Crippen LogP contribution in [0.2, 0.25) is 0 Å². The third kappa shape index (κ3) is 7.66. The Morgan fingerprint density at radius 2 is 0.598 bits per heavy atom. The van der Waals surface area contributed by atoms with Gasteiger partial charge in [-0.25, -0.2) is 0 Å². The monoisotopic (exact) mass is 1330 g/mol. The highest BCUT2D eigenvalue weighted by Gasteiger charge is 2.51. The second-order valence-corrected chi connectivity index (χ2v) is 34.6. The minimum absolute atomic E-state index is 0.307. The largest absolute Gasteiger partial charge is 0.311 e. The summed E-state index contributed by atoms with van der Waals surface area (Å²) in [5.41, 5.74) is 18.3. The van der Waals surface area contributed by atoms with E-state index in [1.54, 1.807) is 0 Å². The molecule has 6 heterocycles. The number of aromatic nitrogens is 2. The van der Waals surface area contributed by atoms with Gasteiger partial charge in [0.2, 0.25) is 0 Å². The van der Waals surface area contributed by atoms with Gasteiger partial charge in [0.25, 0.3) is 6.71 Å². The molecule has 10 heteroatoms. The van der Waals surface area contributed by atoms with Crippen LogP contribution in [-0.2, 0) is 0 Å². The van der Waals surface area contributed by atoms with Gasteiger partial charge in [0, 0.05) is 78.1 Å². The Balaban J connectivity index is 0.825. The average Bonchev–Trinajstić information content (AvgIpc) is 1.49. The van der Waals surface area contributed by atoms with Crippen LogP contribution in [0.4, 0.5) is 51.2 Å². The van der Waals surface area contributed by atoms with E-state index in [-0.39, 0.29) is 6.71 Å². The Hall–Kier alpha value is -13.2. The van der Waals surface area contributed by atoms with E-state index in [0.29, 0.717) is 16.8 Å². The number of fused-ring (bicyclic) bond motifs is 14. The van der Waals surface area contributed by atoms with Gasteiger partial charge in [-0.1, -0.05) is 267 Å². The van der Waals surface area contributed by atoms with Crippen molar-refractivity contribution in [1.29, 1.82) is 10.5 Å². The zero-order valence-electron chi connectivity index (χ0n) is 55.2. The first-order valence-electron chi connectivity index (χ1n) is 34.9. The third-order valence-electron chi connectivity index (χ3n) is 22.5. The van der Waals surface area contributed by atoms with E-state index in [4.69, 9.17) is 0 Å². The quantitative estimate of drug-likeness (QED) is 0.135. The number of benzene rings is 15. The van der Waals surface area contributed by atoms with E-state index in [9.17, 15) is 10.5 Å². The smallest absolute Gasteiger partial charge is 0.252 e. The lowest BCUT2D eigenvalue weighted by Crippen LogP contribution is -2.77. The van der Waals surface area contributed by atoms with Crippen LogP contribution < -0.4 is 72.6 Å². The van der Waals surface area contributed by atoms with Crippen LogP contribution in [0.3, 0.4) is 0 Å². The lowest BCUT2D eigenvalue weighted by molar-refractivity contribution is 1.11. The number of para-hydroxylation sites is 8. The minimum Gasteiger partial charge on any atom is -0.311 e. The van der Waals surface area contributed by atoms with Gasteiger partial charge >= 0.3 is 0 Å². The Bertz CT molecular complexity index is 5870. The average molecular weight is 1330 g/mol. The van der Waals surface area contributed by atoms with Gasteiger partial charge in [-0.3, -0.25) is 0 Å². The first kappa shape index (κ1) is 57.8. The summed E-state index contributed by atoms with van der Waals surface area (Å²) >= 11 is 0. The highest BCUT2D eigenvalue weighted by Crippen LogP contribution is 2.50. The van der Waals surface area contributed by atoms with Crippen molar-refractivity contribution in [2.45, 2.75) is 0 Å². The molecule has 0 saturated carbocycles. The molecule has 0 unspecified atom stereocenters. The van der Waals surface area contributed by atoms with E-state index < -0.39 is 16.1 Å². The van der Waals surface area contributed by atoms with Crippen LogP contribution in [-0.4, -0.2) is 32.0 Å². The molecule has 17 aromatic rings. The molecule has 4 aliphatic rings. The predicted octanol–water partition coefficient (Wildman–Crippen LogP) is 14.6. The summed E-state index contributed by atoms with van der Waals surface area (Å²) in [6, 6.07) is 135. The van der Waals surface area contributed by atoms with E-state index in [1.165, 1.54) is 41.5 Å². The molecule has 7 nitrogen and oxygen atoms in total. The molecule has 0 amide bonds. The number of anilines is 9. The van der Waals surface area contributed by atoms with Crippen LogP contribution in [0, 0.1) is 22.7 Å². The van der Waals surface area contributed by atoms with Gasteiger partial charge in [0.15, 0.2) is 16.1 Å². The minimum atomic E-state index is -2.93. The molecule has 2 aromatic heterocycles. The number of hydrogen-bond acceptors (Lipinski definition) is 5. The fourth-order valence-electron chi connectivity index (χ4n) is 18.7. The van der Waals surface area contributed by atoms with Crippen molar-refractivity contribution in [3.8, 4) is 23.5 Å². The lowest BCUT2D eigenvalue weighted by atomic mass is 9.34. The van der Waals surface area contributed by atoms with Gasteiger partial charge < -0.3 is 23.8 Å². The summed E-state index contributed by atoms with van der Waals surface area (Å²) < 4.78 is 4.72. The number of nitrogens with zero attached hydrogens (tertiary/aromatic N) is 7. The zero-order valence-corrected chi connectivity index (χ0v) is 57.2. The fraction of sp³-hybridized carbons (Fsp3) is 0. The van der Waals surface area contributed by atoms with Crippen LogP contribution in [0.25, 0.3) is 55.0 Å². The molecule has 0 saturated heterocycles. The third-order valence-corrected chi connectivity index (χ3v) is 32.2. The van der Waals surface area contributed by atoms with Crippen molar-refractivity contribution in [3.05, 3.63) is 363 Å². The van der Waals surface area contributed by atoms with Gasteiger partial charge in [0.1, 0.15) is 23.3 Å². The van der Waals surface area contributed by atoms with E-state index in [2.05, 4.69) is 388 Å².